The molecule has 2 aromatic carbocycles. The van der Waals surface area contributed by atoms with E-state index in [1.165, 1.54) is 12.1 Å². The zero-order chi connectivity index (χ0) is 24.0. The van der Waals surface area contributed by atoms with Gasteiger partial charge in [0.2, 0.25) is 5.79 Å². The Morgan fingerprint density at radius 2 is 1.78 bits per heavy atom. The van der Waals surface area contributed by atoms with Gasteiger partial charge in [-0.3, -0.25) is 4.90 Å². The van der Waals surface area contributed by atoms with Crippen LogP contribution in [0.25, 0.3) is 0 Å². The molecule has 0 spiro atoms. The molecule has 0 amide bonds. The fraction of sp³-hybridized carbons (Fsp3) is 0.556. The molecule has 5 nitrogen and oxygen atoms in total. The van der Waals surface area contributed by atoms with Crippen molar-refractivity contribution in [3.8, 4) is 5.75 Å². The SMILES string of the molecule is CCCN(C)C(CCN1CCC(Oc2cccc(Cl)c2)CC1)C1(c2ccc(F)cc2)OCCO1.Cl.Cl. The summed E-state index contributed by atoms with van der Waals surface area (Å²) in [5.74, 6) is -0.284. The van der Waals surface area contributed by atoms with E-state index < -0.39 is 5.79 Å². The number of piperidine rings is 1. The molecule has 9 heteroatoms. The van der Waals surface area contributed by atoms with Crippen LogP contribution in [-0.4, -0.2) is 68.4 Å². The Balaban J connectivity index is 0.00000228. The average molecular weight is 564 g/mol. The van der Waals surface area contributed by atoms with E-state index in [2.05, 4.69) is 23.8 Å². The number of rotatable bonds is 10. The summed E-state index contributed by atoms with van der Waals surface area (Å²) in [6, 6.07) is 14.2. The molecule has 0 N–H and O–H groups in total. The van der Waals surface area contributed by atoms with Crippen LogP contribution in [0.5, 0.6) is 5.75 Å². The molecule has 2 aliphatic rings. The predicted octanol–water partition coefficient (Wildman–Crippen LogP) is 6.17. The van der Waals surface area contributed by atoms with Gasteiger partial charge in [0.25, 0.3) is 0 Å². The van der Waals surface area contributed by atoms with Crippen molar-refractivity contribution in [3.63, 3.8) is 0 Å². The monoisotopic (exact) mass is 562 g/mol. The minimum atomic E-state index is -0.869. The number of ether oxygens (including phenoxy) is 3. The van der Waals surface area contributed by atoms with Crippen LogP contribution < -0.4 is 4.74 Å². The molecule has 4 rings (SSSR count). The van der Waals surface area contributed by atoms with Crippen molar-refractivity contribution in [1.82, 2.24) is 9.80 Å². The minimum Gasteiger partial charge on any atom is -0.490 e. The van der Waals surface area contributed by atoms with Crippen molar-refractivity contribution in [1.29, 1.82) is 0 Å². The standard InChI is InChI=1S/C27H36ClFN2O3.2ClH/c1-3-14-30(2)26(27(32-18-19-33-27)21-7-9-23(29)10-8-21)13-17-31-15-11-24(12-16-31)34-25-6-4-5-22(28)20-25;;/h4-10,20,24,26H,3,11-19H2,1-2H3;2*1H. The van der Waals surface area contributed by atoms with Gasteiger partial charge in [0.15, 0.2) is 0 Å². The van der Waals surface area contributed by atoms with Gasteiger partial charge in [-0.05, 0) is 76.2 Å². The number of nitrogens with zero attached hydrogens (tertiary/aromatic N) is 2. The number of hydrogen-bond acceptors (Lipinski definition) is 5. The second kappa shape index (κ2) is 14.7. The van der Waals surface area contributed by atoms with Gasteiger partial charge in [0.1, 0.15) is 17.7 Å². The van der Waals surface area contributed by atoms with E-state index in [1.54, 1.807) is 12.1 Å². The first kappa shape index (κ1) is 31.1. The second-order valence-corrected chi connectivity index (χ2v) is 9.71. The van der Waals surface area contributed by atoms with Gasteiger partial charge in [-0.15, -0.1) is 24.8 Å². The van der Waals surface area contributed by atoms with Crippen molar-refractivity contribution in [3.05, 3.63) is 64.9 Å². The van der Waals surface area contributed by atoms with Gasteiger partial charge in [0.05, 0.1) is 19.3 Å². The van der Waals surface area contributed by atoms with E-state index in [0.29, 0.717) is 18.2 Å². The fourth-order valence-corrected chi connectivity index (χ4v) is 5.34. The minimum absolute atomic E-state index is 0. The summed E-state index contributed by atoms with van der Waals surface area (Å²) >= 11 is 6.09. The van der Waals surface area contributed by atoms with Crippen LogP contribution in [0.1, 0.15) is 38.2 Å². The molecule has 202 valence electrons. The van der Waals surface area contributed by atoms with Gasteiger partial charge in [-0.2, -0.15) is 0 Å². The van der Waals surface area contributed by atoms with Crippen molar-refractivity contribution in [2.75, 3.05) is 46.4 Å². The maximum Gasteiger partial charge on any atom is 0.211 e. The van der Waals surface area contributed by atoms with E-state index in [1.807, 2.05) is 24.3 Å². The zero-order valence-corrected chi connectivity index (χ0v) is 23.4. The molecule has 0 bridgehead atoms. The third-order valence-electron chi connectivity index (χ3n) is 6.86. The maximum atomic E-state index is 13.6. The number of benzene rings is 2. The van der Waals surface area contributed by atoms with Gasteiger partial charge in [0, 0.05) is 23.7 Å². The van der Waals surface area contributed by atoms with Gasteiger partial charge in [-0.1, -0.05) is 36.7 Å². The lowest BCUT2D eigenvalue weighted by Crippen LogP contribution is -2.52. The number of likely N-dealkylation sites (N-methyl/N-ethyl adjacent to an activating group) is 1. The third kappa shape index (κ3) is 7.70. The molecule has 0 aromatic heterocycles. The molecule has 0 aliphatic carbocycles. The molecule has 0 radical (unpaired) electrons. The highest BCUT2D eigenvalue weighted by Crippen LogP contribution is 2.39. The van der Waals surface area contributed by atoms with Crippen molar-refractivity contribution in [2.24, 2.45) is 0 Å². The Morgan fingerprint density at radius 1 is 1.11 bits per heavy atom. The van der Waals surface area contributed by atoms with Gasteiger partial charge < -0.3 is 19.1 Å². The first-order valence-electron chi connectivity index (χ1n) is 12.4. The smallest absolute Gasteiger partial charge is 0.211 e. The molecular weight excluding hydrogens is 526 g/mol. The van der Waals surface area contributed by atoms with E-state index in [4.69, 9.17) is 25.8 Å². The summed E-state index contributed by atoms with van der Waals surface area (Å²) in [6.07, 6.45) is 4.11. The lowest BCUT2D eigenvalue weighted by atomic mass is 9.93. The summed E-state index contributed by atoms with van der Waals surface area (Å²) in [6.45, 7) is 7.12. The lowest BCUT2D eigenvalue weighted by Gasteiger charge is -2.42. The summed E-state index contributed by atoms with van der Waals surface area (Å²) in [5, 5.41) is 0.698. The van der Waals surface area contributed by atoms with E-state index >= 15 is 0 Å². The highest BCUT2D eigenvalue weighted by molar-refractivity contribution is 6.30. The van der Waals surface area contributed by atoms with E-state index in [0.717, 1.165) is 63.2 Å². The summed E-state index contributed by atoms with van der Waals surface area (Å²) < 4.78 is 32.4. The molecular formula is C27H38Cl3FN2O3. The topological polar surface area (TPSA) is 34.2 Å². The lowest BCUT2D eigenvalue weighted by molar-refractivity contribution is -0.211. The third-order valence-corrected chi connectivity index (χ3v) is 7.10. The average Bonchev–Trinajstić information content (AvgIpc) is 3.32. The van der Waals surface area contributed by atoms with Gasteiger partial charge in [-0.25, -0.2) is 4.39 Å². The molecule has 2 fully saturated rings. The van der Waals surface area contributed by atoms with Crippen LogP contribution in [0.15, 0.2) is 48.5 Å². The zero-order valence-electron chi connectivity index (χ0n) is 21.0. The van der Waals surface area contributed by atoms with Crippen LogP contribution in [-0.2, 0) is 15.3 Å². The predicted molar refractivity (Wildman–Crippen MR) is 147 cm³/mol. The Bertz CT molecular complexity index is 907. The molecule has 2 heterocycles. The Morgan fingerprint density at radius 3 is 2.39 bits per heavy atom. The van der Waals surface area contributed by atoms with Crippen LogP contribution in [0, 0.1) is 5.82 Å². The molecule has 2 aromatic rings. The van der Waals surface area contributed by atoms with Crippen molar-refractivity contribution in [2.45, 2.75) is 50.5 Å². The molecule has 2 saturated heterocycles. The maximum absolute atomic E-state index is 13.6. The first-order chi connectivity index (χ1) is 16.5. The normalized spacial score (nSPS) is 18.9. The Labute approximate surface area is 232 Å². The largest absolute Gasteiger partial charge is 0.490 e. The van der Waals surface area contributed by atoms with Crippen molar-refractivity contribution < 1.29 is 18.6 Å². The molecule has 2 aliphatic heterocycles. The van der Waals surface area contributed by atoms with E-state index in [9.17, 15) is 4.39 Å². The van der Waals surface area contributed by atoms with Crippen LogP contribution >= 0.6 is 36.4 Å². The summed E-state index contributed by atoms with van der Waals surface area (Å²) in [4.78, 5) is 4.83. The first-order valence-corrected chi connectivity index (χ1v) is 12.8. The molecule has 1 unspecified atom stereocenters. The summed E-state index contributed by atoms with van der Waals surface area (Å²) in [5.41, 5.74) is 0.882. The molecule has 36 heavy (non-hydrogen) atoms. The number of likely N-dealkylation sites (tertiary alicyclic amines) is 1. The number of hydrogen-bond donors (Lipinski definition) is 0. The van der Waals surface area contributed by atoms with Crippen LogP contribution in [0.3, 0.4) is 0 Å². The van der Waals surface area contributed by atoms with Crippen molar-refractivity contribution >= 4 is 36.4 Å². The quantitative estimate of drug-likeness (QED) is 0.346. The Hall–Kier alpha value is -1.12. The second-order valence-electron chi connectivity index (χ2n) is 9.27. The fourth-order valence-electron chi connectivity index (χ4n) is 5.16. The van der Waals surface area contributed by atoms with Crippen LogP contribution in [0.2, 0.25) is 5.02 Å². The number of halogens is 4. The summed E-state index contributed by atoms with van der Waals surface area (Å²) in [7, 11) is 2.13. The van der Waals surface area contributed by atoms with E-state index in [-0.39, 0.29) is 42.8 Å². The Kier molecular flexibility index (Phi) is 12.7. The van der Waals surface area contributed by atoms with Gasteiger partial charge >= 0.3 is 0 Å². The molecule has 0 saturated carbocycles. The highest BCUT2D eigenvalue weighted by atomic mass is 35.5. The molecule has 1 atom stereocenters. The highest BCUT2D eigenvalue weighted by Gasteiger charge is 2.47. The van der Waals surface area contributed by atoms with Crippen LogP contribution in [0.4, 0.5) is 4.39 Å².